The number of hydrogen-bond donors (Lipinski definition) is 0. The fourth-order valence-corrected chi connectivity index (χ4v) is 3.16. The topological polar surface area (TPSA) is 69.9 Å². The van der Waals surface area contributed by atoms with E-state index in [4.69, 9.17) is 21.1 Å². The van der Waals surface area contributed by atoms with Crippen LogP contribution in [0.5, 0.6) is 5.75 Å². The Bertz CT molecular complexity index is 983. The minimum atomic E-state index is -0.353. The van der Waals surface area contributed by atoms with Crippen LogP contribution >= 0.6 is 22.9 Å². The summed E-state index contributed by atoms with van der Waals surface area (Å²) in [6, 6.07) is 6.80. The number of benzene rings is 1. The standard InChI is InChI=1S/C18H17ClN2O4S/c1-12-9-14(4-5-15(12)19)24-7-2-3-17(23)25-11-13-10-16(22)21-6-8-26-18(21)20-13/h4-6,8-10H,2-3,7,11H2,1H3. The van der Waals surface area contributed by atoms with Crippen molar-refractivity contribution in [2.75, 3.05) is 6.61 Å². The van der Waals surface area contributed by atoms with Gasteiger partial charge in [-0.3, -0.25) is 14.0 Å². The molecule has 0 fully saturated rings. The molecule has 0 bridgehead atoms. The van der Waals surface area contributed by atoms with Gasteiger partial charge in [0.15, 0.2) is 4.96 Å². The number of thiazole rings is 1. The van der Waals surface area contributed by atoms with Crippen LogP contribution < -0.4 is 10.3 Å². The normalized spacial score (nSPS) is 10.8. The quantitative estimate of drug-likeness (QED) is 0.453. The molecule has 8 heteroatoms. The number of esters is 1. The lowest BCUT2D eigenvalue weighted by Gasteiger charge is -2.08. The molecule has 0 saturated heterocycles. The third-order valence-electron chi connectivity index (χ3n) is 3.66. The van der Waals surface area contributed by atoms with Gasteiger partial charge in [-0.05, 0) is 37.1 Å². The fraction of sp³-hybridized carbons (Fsp3) is 0.278. The molecule has 0 amide bonds. The predicted octanol–water partition coefficient (Wildman–Crippen LogP) is 3.62. The molecule has 3 rings (SSSR count). The van der Waals surface area contributed by atoms with Crippen LogP contribution in [0.2, 0.25) is 5.02 Å². The van der Waals surface area contributed by atoms with Crippen molar-refractivity contribution in [1.82, 2.24) is 9.38 Å². The Balaban J connectivity index is 1.42. The number of rotatable bonds is 7. The first-order valence-electron chi connectivity index (χ1n) is 8.03. The van der Waals surface area contributed by atoms with Crippen LogP contribution in [0.3, 0.4) is 0 Å². The molecule has 0 aliphatic heterocycles. The average Bonchev–Trinajstić information content (AvgIpc) is 3.09. The minimum absolute atomic E-state index is 0.0142. The maximum absolute atomic E-state index is 11.9. The van der Waals surface area contributed by atoms with E-state index in [-0.39, 0.29) is 24.6 Å². The first-order valence-corrected chi connectivity index (χ1v) is 9.29. The number of hydrogen-bond acceptors (Lipinski definition) is 6. The maximum Gasteiger partial charge on any atom is 0.306 e. The molecule has 26 heavy (non-hydrogen) atoms. The van der Waals surface area contributed by atoms with E-state index in [0.29, 0.717) is 34.5 Å². The molecule has 0 atom stereocenters. The third-order valence-corrected chi connectivity index (χ3v) is 4.84. The van der Waals surface area contributed by atoms with Crippen molar-refractivity contribution in [1.29, 1.82) is 0 Å². The zero-order valence-electron chi connectivity index (χ0n) is 14.1. The van der Waals surface area contributed by atoms with Crippen LogP contribution in [0.4, 0.5) is 0 Å². The highest BCUT2D eigenvalue weighted by Gasteiger charge is 2.08. The van der Waals surface area contributed by atoms with Crippen LogP contribution in [0.1, 0.15) is 24.1 Å². The monoisotopic (exact) mass is 392 g/mol. The number of ether oxygens (including phenoxy) is 2. The van der Waals surface area contributed by atoms with E-state index < -0.39 is 0 Å². The van der Waals surface area contributed by atoms with Gasteiger partial charge in [-0.1, -0.05) is 11.6 Å². The van der Waals surface area contributed by atoms with E-state index in [1.165, 1.54) is 21.8 Å². The van der Waals surface area contributed by atoms with Gasteiger partial charge in [-0.2, -0.15) is 0 Å². The maximum atomic E-state index is 11.9. The zero-order chi connectivity index (χ0) is 18.5. The second kappa shape index (κ2) is 8.33. The van der Waals surface area contributed by atoms with E-state index in [1.54, 1.807) is 23.7 Å². The first-order chi connectivity index (χ1) is 12.5. The summed E-state index contributed by atoms with van der Waals surface area (Å²) in [6.07, 6.45) is 2.42. The molecule has 6 nitrogen and oxygen atoms in total. The van der Waals surface area contributed by atoms with Crippen molar-refractivity contribution in [3.8, 4) is 5.75 Å². The lowest BCUT2D eigenvalue weighted by atomic mass is 10.2. The summed E-state index contributed by atoms with van der Waals surface area (Å²) >= 11 is 7.32. The van der Waals surface area contributed by atoms with E-state index in [9.17, 15) is 9.59 Å². The average molecular weight is 393 g/mol. The first kappa shape index (κ1) is 18.4. The molecule has 3 aromatic rings. The largest absolute Gasteiger partial charge is 0.494 e. The van der Waals surface area contributed by atoms with Gasteiger partial charge in [0, 0.05) is 29.1 Å². The molecule has 0 N–H and O–H groups in total. The number of fused-ring (bicyclic) bond motifs is 1. The van der Waals surface area contributed by atoms with Crippen molar-refractivity contribution in [3.05, 3.63) is 62.5 Å². The lowest BCUT2D eigenvalue weighted by Crippen LogP contribution is -2.14. The van der Waals surface area contributed by atoms with Gasteiger partial charge in [-0.25, -0.2) is 4.98 Å². The van der Waals surface area contributed by atoms with Crippen LogP contribution in [-0.4, -0.2) is 22.0 Å². The number of carbonyl (C=O) groups excluding carboxylic acids is 1. The van der Waals surface area contributed by atoms with E-state index in [0.717, 1.165) is 5.56 Å². The summed E-state index contributed by atoms with van der Waals surface area (Å²) in [6.45, 7) is 2.29. The number of carbonyl (C=O) groups is 1. The van der Waals surface area contributed by atoms with Crippen molar-refractivity contribution in [2.24, 2.45) is 0 Å². The molecular weight excluding hydrogens is 376 g/mol. The summed E-state index contributed by atoms with van der Waals surface area (Å²) in [4.78, 5) is 28.5. The molecule has 2 heterocycles. The van der Waals surface area contributed by atoms with E-state index >= 15 is 0 Å². The molecule has 0 aliphatic rings. The fourth-order valence-electron chi connectivity index (χ4n) is 2.30. The smallest absolute Gasteiger partial charge is 0.306 e. The van der Waals surface area contributed by atoms with Crippen LogP contribution in [0, 0.1) is 6.92 Å². The van der Waals surface area contributed by atoms with Gasteiger partial charge in [0.1, 0.15) is 12.4 Å². The highest BCUT2D eigenvalue weighted by molar-refractivity contribution is 7.15. The van der Waals surface area contributed by atoms with Crippen molar-refractivity contribution >= 4 is 33.9 Å². The summed E-state index contributed by atoms with van der Waals surface area (Å²) in [7, 11) is 0. The third kappa shape index (κ3) is 4.62. The van der Waals surface area contributed by atoms with Crippen LogP contribution in [0.15, 0.2) is 40.6 Å². The number of aryl methyl sites for hydroxylation is 1. The Morgan fingerprint density at radius 1 is 1.35 bits per heavy atom. The Hall–Kier alpha value is -2.38. The Labute approximate surface area is 159 Å². The number of nitrogens with zero attached hydrogens (tertiary/aromatic N) is 2. The molecule has 2 aromatic heterocycles. The SMILES string of the molecule is Cc1cc(OCCCC(=O)OCc2cc(=O)n3ccsc3n2)ccc1Cl. The van der Waals surface area contributed by atoms with E-state index in [1.807, 2.05) is 13.0 Å². The molecule has 0 aliphatic carbocycles. The Morgan fingerprint density at radius 2 is 2.19 bits per heavy atom. The summed E-state index contributed by atoms with van der Waals surface area (Å²) in [5.74, 6) is 0.364. The van der Waals surface area contributed by atoms with Gasteiger partial charge < -0.3 is 9.47 Å². The lowest BCUT2D eigenvalue weighted by molar-refractivity contribution is -0.145. The molecule has 0 radical (unpaired) electrons. The molecule has 1 aromatic carbocycles. The van der Waals surface area contributed by atoms with Gasteiger partial charge in [-0.15, -0.1) is 11.3 Å². The predicted molar refractivity (Wildman–Crippen MR) is 100 cm³/mol. The zero-order valence-corrected chi connectivity index (χ0v) is 15.7. The van der Waals surface area contributed by atoms with Gasteiger partial charge >= 0.3 is 5.97 Å². The summed E-state index contributed by atoms with van der Waals surface area (Å²) in [5, 5.41) is 2.47. The Morgan fingerprint density at radius 3 is 3.00 bits per heavy atom. The van der Waals surface area contributed by atoms with Crippen molar-refractivity contribution < 1.29 is 14.3 Å². The highest BCUT2D eigenvalue weighted by Crippen LogP contribution is 2.21. The van der Waals surface area contributed by atoms with Crippen molar-refractivity contribution in [3.63, 3.8) is 0 Å². The van der Waals surface area contributed by atoms with Gasteiger partial charge in [0.05, 0.1) is 12.3 Å². The second-order valence-corrected chi connectivity index (χ2v) is 6.95. The Kier molecular flexibility index (Phi) is 5.90. The summed E-state index contributed by atoms with van der Waals surface area (Å²) in [5.41, 5.74) is 1.20. The van der Waals surface area contributed by atoms with Crippen LogP contribution in [-0.2, 0) is 16.1 Å². The molecule has 0 saturated carbocycles. The van der Waals surface area contributed by atoms with E-state index in [2.05, 4.69) is 4.98 Å². The van der Waals surface area contributed by atoms with Gasteiger partial charge in [0.25, 0.3) is 5.56 Å². The van der Waals surface area contributed by atoms with Crippen molar-refractivity contribution in [2.45, 2.75) is 26.4 Å². The minimum Gasteiger partial charge on any atom is -0.494 e. The number of aromatic nitrogens is 2. The summed E-state index contributed by atoms with van der Waals surface area (Å²) < 4.78 is 12.2. The molecule has 136 valence electrons. The second-order valence-electron chi connectivity index (χ2n) is 5.66. The molecule has 0 unspecified atom stereocenters. The highest BCUT2D eigenvalue weighted by atomic mass is 35.5. The molecular formula is C18H17ClN2O4S. The van der Waals surface area contributed by atoms with Gasteiger partial charge in [0.2, 0.25) is 0 Å². The molecule has 0 spiro atoms. The van der Waals surface area contributed by atoms with Crippen LogP contribution in [0.25, 0.3) is 4.96 Å². The number of halogens is 1.